The highest BCUT2D eigenvalue weighted by molar-refractivity contribution is 6.10. The van der Waals surface area contributed by atoms with E-state index in [1.807, 2.05) is 30.3 Å². The van der Waals surface area contributed by atoms with Crippen LogP contribution in [0.4, 0.5) is 10.5 Å². The summed E-state index contributed by atoms with van der Waals surface area (Å²) in [6, 6.07) is 16.0. The van der Waals surface area contributed by atoms with Crippen LogP contribution >= 0.6 is 0 Å². The minimum absolute atomic E-state index is 0.156. The molecule has 3 rings (SSSR count). The molecule has 6 nitrogen and oxygen atoms in total. The summed E-state index contributed by atoms with van der Waals surface area (Å²) in [7, 11) is 0. The van der Waals surface area contributed by atoms with Crippen LogP contribution in [0.2, 0.25) is 0 Å². The molecule has 1 fully saturated rings. The molecule has 28 heavy (non-hydrogen) atoms. The van der Waals surface area contributed by atoms with Gasteiger partial charge in [0.2, 0.25) is 5.91 Å². The van der Waals surface area contributed by atoms with E-state index < -0.39 is 23.4 Å². The van der Waals surface area contributed by atoms with Crippen LogP contribution in [0, 0.1) is 0 Å². The van der Waals surface area contributed by atoms with E-state index in [1.54, 1.807) is 31.2 Å². The number of urea groups is 1. The second-order valence-corrected chi connectivity index (χ2v) is 8.16. The summed E-state index contributed by atoms with van der Waals surface area (Å²) >= 11 is 0. The fraction of sp³-hybridized carbons (Fsp3) is 0.318. The van der Waals surface area contributed by atoms with Crippen LogP contribution in [0.25, 0.3) is 0 Å². The predicted molar refractivity (Wildman–Crippen MR) is 108 cm³/mol. The fourth-order valence-electron chi connectivity index (χ4n) is 3.39. The topological polar surface area (TPSA) is 78.5 Å². The number of carbonyl (C=O) groups excluding carboxylic acids is 3. The second-order valence-electron chi connectivity index (χ2n) is 8.16. The summed E-state index contributed by atoms with van der Waals surface area (Å²) < 4.78 is 0. The van der Waals surface area contributed by atoms with Crippen molar-refractivity contribution < 1.29 is 14.4 Å². The molecule has 1 aliphatic heterocycles. The van der Waals surface area contributed by atoms with Crippen molar-refractivity contribution in [3.63, 3.8) is 0 Å². The summed E-state index contributed by atoms with van der Waals surface area (Å²) in [6.07, 6.45) is 0. The van der Waals surface area contributed by atoms with Crippen LogP contribution in [0.3, 0.4) is 0 Å². The number of nitrogens with zero attached hydrogens (tertiary/aromatic N) is 1. The number of imide groups is 1. The van der Waals surface area contributed by atoms with Gasteiger partial charge in [-0.2, -0.15) is 0 Å². The molecule has 6 heteroatoms. The smallest absolute Gasteiger partial charge is 0.324 e. The average molecular weight is 379 g/mol. The predicted octanol–water partition coefficient (Wildman–Crippen LogP) is 3.39. The van der Waals surface area contributed by atoms with Gasteiger partial charge in [-0.3, -0.25) is 14.5 Å². The number of carbonyl (C=O) groups is 3. The normalized spacial score (nSPS) is 19.5. The quantitative estimate of drug-likeness (QED) is 0.800. The lowest BCUT2D eigenvalue weighted by Gasteiger charge is -2.24. The minimum Gasteiger partial charge on any atom is -0.324 e. The number of anilines is 1. The van der Waals surface area contributed by atoms with Crippen LogP contribution in [-0.2, 0) is 20.5 Å². The molecule has 2 aromatic rings. The third kappa shape index (κ3) is 3.63. The molecule has 0 aromatic heterocycles. The number of benzene rings is 2. The van der Waals surface area contributed by atoms with Crippen LogP contribution in [-0.4, -0.2) is 29.3 Å². The van der Waals surface area contributed by atoms with Gasteiger partial charge in [-0.25, -0.2) is 4.79 Å². The van der Waals surface area contributed by atoms with Crippen molar-refractivity contribution in [1.29, 1.82) is 0 Å². The number of para-hydroxylation sites is 1. The highest BCUT2D eigenvalue weighted by Crippen LogP contribution is 2.30. The molecule has 0 spiro atoms. The van der Waals surface area contributed by atoms with Gasteiger partial charge in [-0.05, 0) is 29.5 Å². The highest BCUT2D eigenvalue weighted by atomic mass is 16.2. The first-order chi connectivity index (χ1) is 13.1. The van der Waals surface area contributed by atoms with Gasteiger partial charge in [0.1, 0.15) is 12.1 Å². The summed E-state index contributed by atoms with van der Waals surface area (Å²) in [5, 5.41) is 5.55. The van der Waals surface area contributed by atoms with Gasteiger partial charge >= 0.3 is 6.03 Å². The molecule has 1 unspecified atom stereocenters. The molecule has 2 N–H and O–H groups in total. The molecule has 4 amide bonds. The van der Waals surface area contributed by atoms with Gasteiger partial charge in [0.25, 0.3) is 5.91 Å². The van der Waals surface area contributed by atoms with Crippen molar-refractivity contribution in [2.45, 2.75) is 38.6 Å². The fourth-order valence-corrected chi connectivity index (χ4v) is 3.39. The lowest BCUT2D eigenvalue weighted by molar-refractivity contribution is -0.133. The summed E-state index contributed by atoms with van der Waals surface area (Å²) in [4.78, 5) is 38.9. The number of hydrogen-bond donors (Lipinski definition) is 2. The zero-order chi connectivity index (χ0) is 20.5. The molecule has 1 heterocycles. The van der Waals surface area contributed by atoms with Crippen molar-refractivity contribution in [3.05, 3.63) is 65.7 Å². The molecule has 0 saturated carbocycles. The van der Waals surface area contributed by atoms with Gasteiger partial charge in [0, 0.05) is 5.69 Å². The Balaban J connectivity index is 1.77. The van der Waals surface area contributed by atoms with E-state index in [0.29, 0.717) is 11.3 Å². The third-order valence-corrected chi connectivity index (χ3v) is 4.94. The molecule has 0 radical (unpaired) electrons. The Kier molecular flexibility index (Phi) is 4.98. The number of rotatable bonds is 4. The molecule has 1 saturated heterocycles. The van der Waals surface area contributed by atoms with Crippen molar-refractivity contribution >= 4 is 23.5 Å². The first-order valence-electron chi connectivity index (χ1n) is 9.22. The number of nitrogens with one attached hydrogen (secondary N) is 2. The average Bonchev–Trinajstić information content (AvgIpc) is 2.86. The van der Waals surface area contributed by atoms with E-state index in [0.717, 1.165) is 10.5 Å². The Morgan fingerprint density at radius 1 is 1.04 bits per heavy atom. The molecule has 0 aliphatic carbocycles. The van der Waals surface area contributed by atoms with Crippen LogP contribution in [0.5, 0.6) is 0 Å². The summed E-state index contributed by atoms with van der Waals surface area (Å²) in [5.74, 6) is -0.861. The van der Waals surface area contributed by atoms with Gasteiger partial charge in [0.05, 0.1) is 0 Å². The SMILES string of the molecule is CC(C)(C)c1ccccc1NC(=O)CN1C(=O)NC(C)(c2ccccc2)C1=O. The molecular formula is C22H25N3O3. The zero-order valence-corrected chi connectivity index (χ0v) is 16.6. The summed E-state index contributed by atoms with van der Waals surface area (Å²) in [6.45, 7) is 7.48. The minimum atomic E-state index is -1.18. The maximum absolute atomic E-state index is 12.9. The molecule has 0 bridgehead atoms. The Labute approximate surface area is 164 Å². The van der Waals surface area contributed by atoms with Crippen LogP contribution in [0.1, 0.15) is 38.8 Å². The van der Waals surface area contributed by atoms with Gasteiger partial charge in [-0.1, -0.05) is 69.3 Å². The standard InChI is InChI=1S/C22H25N3O3/c1-21(2,3)16-12-8-9-13-17(16)23-18(26)14-25-19(27)22(4,24-20(25)28)15-10-6-5-7-11-15/h5-13H,14H2,1-4H3,(H,23,26)(H,24,28). The van der Waals surface area contributed by atoms with E-state index in [4.69, 9.17) is 0 Å². The monoisotopic (exact) mass is 379 g/mol. The van der Waals surface area contributed by atoms with E-state index in [-0.39, 0.29) is 12.0 Å². The van der Waals surface area contributed by atoms with Crippen LogP contribution in [0.15, 0.2) is 54.6 Å². The zero-order valence-electron chi connectivity index (χ0n) is 16.6. The van der Waals surface area contributed by atoms with Gasteiger partial charge < -0.3 is 10.6 Å². The lowest BCUT2D eigenvalue weighted by Crippen LogP contribution is -2.42. The Hall–Kier alpha value is -3.15. The molecule has 1 atom stereocenters. The highest BCUT2D eigenvalue weighted by Gasteiger charge is 2.49. The first-order valence-corrected chi connectivity index (χ1v) is 9.22. The molecular weight excluding hydrogens is 354 g/mol. The molecule has 2 aromatic carbocycles. The van der Waals surface area contributed by atoms with E-state index in [9.17, 15) is 14.4 Å². The van der Waals surface area contributed by atoms with Crippen molar-refractivity contribution in [2.75, 3.05) is 11.9 Å². The molecule has 1 aliphatic rings. The van der Waals surface area contributed by atoms with E-state index in [1.165, 1.54) is 0 Å². The van der Waals surface area contributed by atoms with Crippen molar-refractivity contribution in [3.8, 4) is 0 Å². The Morgan fingerprint density at radius 3 is 2.29 bits per heavy atom. The largest absolute Gasteiger partial charge is 0.325 e. The Morgan fingerprint density at radius 2 is 1.64 bits per heavy atom. The second kappa shape index (κ2) is 7.11. The van der Waals surface area contributed by atoms with Crippen LogP contribution < -0.4 is 10.6 Å². The maximum Gasteiger partial charge on any atom is 0.325 e. The number of amides is 4. The number of hydrogen-bond acceptors (Lipinski definition) is 3. The lowest BCUT2D eigenvalue weighted by atomic mass is 9.86. The van der Waals surface area contributed by atoms with E-state index in [2.05, 4.69) is 31.4 Å². The summed E-state index contributed by atoms with van der Waals surface area (Å²) in [5.41, 5.74) is 1.00. The van der Waals surface area contributed by atoms with E-state index >= 15 is 0 Å². The molecule has 146 valence electrons. The maximum atomic E-state index is 12.9. The Bertz CT molecular complexity index is 918. The van der Waals surface area contributed by atoms with Gasteiger partial charge in [0.15, 0.2) is 0 Å². The van der Waals surface area contributed by atoms with Gasteiger partial charge in [-0.15, -0.1) is 0 Å². The van der Waals surface area contributed by atoms with Crippen molar-refractivity contribution in [2.24, 2.45) is 0 Å². The third-order valence-electron chi connectivity index (χ3n) is 4.94. The van der Waals surface area contributed by atoms with Crippen molar-refractivity contribution in [1.82, 2.24) is 10.2 Å². The first kappa shape index (κ1) is 19.6.